The first-order valence-electron chi connectivity index (χ1n) is 2.80. The Morgan fingerprint density at radius 3 is 2.50 bits per heavy atom. The molecular weight excluding hydrogens is 169 g/mol. The summed E-state index contributed by atoms with van der Waals surface area (Å²) in [7, 11) is 0. The number of allylic oxidation sites excluding steroid dienone is 4. The normalized spacial score (nSPS) is 27.9. The molecule has 0 saturated carbocycles. The Morgan fingerprint density at radius 2 is 2.10 bits per heavy atom. The largest absolute Gasteiger partial charge is 0.198 e. The van der Waals surface area contributed by atoms with Gasteiger partial charge in [-0.15, -0.1) is 0 Å². The molecule has 1 aliphatic rings. The van der Waals surface area contributed by atoms with Crippen LogP contribution in [0.5, 0.6) is 0 Å². The summed E-state index contributed by atoms with van der Waals surface area (Å²) in [6, 6.07) is 1.99. The molecular formula is C7H5Cl2N. The van der Waals surface area contributed by atoms with Crippen LogP contribution in [0.1, 0.15) is 0 Å². The number of halogens is 2. The summed E-state index contributed by atoms with van der Waals surface area (Å²) in [5.41, 5.74) is 0. The topological polar surface area (TPSA) is 23.8 Å². The SMILES string of the molecule is N#CC1C=CC=CC1(Cl)Cl. The molecule has 0 radical (unpaired) electrons. The highest BCUT2D eigenvalue weighted by atomic mass is 35.5. The van der Waals surface area contributed by atoms with E-state index in [0.29, 0.717) is 0 Å². The number of alkyl halides is 2. The Morgan fingerprint density at radius 1 is 1.40 bits per heavy atom. The van der Waals surface area contributed by atoms with Gasteiger partial charge in [0.25, 0.3) is 0 Å². The van der Waals surface area contributed by atoms with Crippen molar-refractivity contribution in [2.75, 3.05) is 0 Å². The van der Waals surface area contributed by atoms with Gasteiger partial charge >= 0.3 is 0 Å². The van der Waals surface area contributed by atoms with Crippen LogP contribution in [0.3, 0.4) is 0 Å². The molecule has 1 aliphatic carbocycles. The number of hydrogen-bond acceptors (Lipinski definition) is 1. The number of nitrogens with zero attached hydrogens (tertiary/aromatic N) is 1. The standard InChI is InChI=1S/C7H5Cl2N/c8-7(9)4-2-1-3-6(7)5-10/h1-4,6H. The van der Waals surface area contributed by atoms with E-state index in [4.69, 9.17) is 28.5 Å². The third-order valence-electron chi connectivity index (χ3n) is 1.29. The predicted octanol–water partition coefficient (Wildman–Crippen LogP) is 2.43. The van der Waals surface area contributed by atoms with Gasteiger partial charge in [-0.2, -0.15) is 5.26 Å². The maximum absolute atomic E-state index is 8.52. The van der Waals surface area contributed by atoms with Gasteiger partial charge in [-0.05, 0) is 6.08 Å². The highest BCUT2D eigenvalue weighted by molar-refractivity contribution is 6.50. The second-order valence-electron chi connectivity index (χ2n) is 2.03. The predicted molar refractivity (Wildman–Crippen MR) is 41.8 cm³/mol. The maximum atomic E-state index is 8.52. The highest BCUT2D eigenvalue weighted by Crippen LogP contribution is 2.34. The van der Waals surface area contributed by atoms with Crippen LogP contribution in [0.2, 0.25) is 0 Å². The van der Waals surface area contributed by atoms with E-state index in [1.807, 2.05) is 6.07 Å². The van der Waals surface area contributed by atoms with Crippen molar-refractivity contribution in [3.63, 3.8) is 0 Å². The van der Waals surface area contributed by atoms with E-state index in [2.05, 4.69) is 0 Å². The van der Waals surface area contributed by atoms with Crippen molar-refractivity contribution in [3.05, 3.63) is 24.3 Å². The van der Waals surface area contributed by atoms with Crippen LogP contribution < -0.4 is 0 Å². The molecule has 0 aromatic heterocycles. The molecule has 1 rings (SSSR count). The zero-order chi connectivity index (χ0) is 7.61. The van der Waals surface area contributed by atoms with Gasteiger partial charge in [0.15, 0.2) is 4.33 Å². The summed E-state index contributed by atoms with van der Waals surface area (Å²) in [4.78, 5) is 0. The Hall–Kier alpha value is -0.450. The first-order valence-corrected chi connectivity index (χ1v) is 3.56. The number of nitriles is 1. The second kappa shape index (κ2) is 2.65. The van der Waals surface area contributed by atoms with Crippen molar-refractivity contribution in [2.24, 2.45) is 5.92 Å². The third kappa shape index (κ3) is 1.34. The minimum absolute atomic E-state index is 0.430. The summed E-state index contributed by atoms with van der Waals surface area (Å²) in [5.74, 6) is -0.430. The molecule has 0 N–H and O–H groups in total. The lowest BCUT2D eigenvalue weighted by molar-refractivity contribution is 0.785. The lowest BCUT2D eigenvalue weighted by Crippen LogP contribution is -2.21. The van der Waals surface area contributed by atoms with Gasteiger partial charge in [-0.3, -0.25) is 0 Å². The summed E-state index contributed by atoms with van der Waals surface area (Å²) >= 11 is 11.5. The Kier molecular flexibility index (Phi) is 2.03. The molecule has 0 amide bonds. The molecule has 0 bridgehead atoms. The molecule has 1 unspecified atom stereocenters. The van der Waals surface area contributed by atoms with E-state index in [9.17, 15) is 0 Å². The number of rotatable bonds is 0. The first kappa shape index (κ1) is 7.65. The molecule has 0 aliphatic heterocycles. The summed E-state index contributed by atoms with van der Waals surface area (Å²) < 4.78 is -1.04. The van der Waals surface area contributed by atoms with E-state index in [1.54, 1.807) is 24.3 Å². The molecule has 0 spiro atoms. The van der Waals surface area contributed by atoms with Crippen molar-refractivity contribution in [3.8, 4) is 6.07 Å². The summed E-state index contributed by atoms with van der Waals surface area (Å²) in [5, 5.41) is 8.52. The smallest absolute Gasteiger partial charge is 0.155 e. The summed E-state index contributed by atoms with van der Waals surface area (Å²) in [6.07, 6.45) is 6.77. The molecule has 1 nitrogen and oxygen atoms in total. The van der Waals surface area contributed by atoms with Crippen LogP contribution in [0.25, 0.3) is 0 Å². The highest BCUT2D eigenvalue weighted by Gasteiger charge is 2.31. The lowest BCUT2D eigenvalue weighted by Gasteiger charge is -2.19. The van der Waals surface area contributed by atoms with Gasteiger partial charge in [-0.1, -0.05) is 41.4 Å². The third-order valence-corrected chi connectivity index (χ3v) is 2.01. The maximum Gasteiger partial charge on any atom is 0.155 e. The lowest BCUT2D eigenvalue weighted by atomic mass is 10.0. The van der Waals surface area contributed by atoms with Crippen molar-refractivity contribution < 1.29 is 0 Å². The van der Waals surface area contributed by atoms with Crippen LogP contribution in [0, 0.1) is 17.2 Å². The Bertz CT molecular complexity index is 222. The molecule has 0 aromatic rings. The minimum Gasteiger partial charge on any atom is -0.198 e. The Labute approximate surface area is 69.5 Å². The minimum atomic E-state index is -1.04. The van der Waals surface area contributed by atoms with Crippen molar-refractivity contribution in [1.82, 2.24) is 0 Å². The van der Waals surface area contributed by atoms with E-state index in [0.717, 1.165) is 0 Å². The van der Waals surface area contributed by atoms with Gasteiger partial charge in [0.1, 0.15) is 5.92 Å². The van der Waals surface area contributed by atoms with Gasteiger partial charge in [0, 0.05) is 0 Å². The molecule has 0 heterocycles. The van der Waals surface area contributed by atoms with Gasteiger partial charge < -0.3 is 0 Å². The zero-order valence-electron chi connectivity index (χ0n) is 5.09. The quantitative estimate of drug-likeness (QED) is 0.517. The average molecular weight is 174 g/mol. The van der Waals surface area contributed by atoms with Crippen LogP contribution in [-0.2, 0) is 0 Å². The molecule has 0 aromatic carbocycles. The first-order chi connectivity index (χ1) is 4.67. The molecule has 52 valence electrons. The van der Waals surface area contributed by atoms with Crippen LogP contribution in [0.15, 0.2) is 24.3 Å². The molecule has 1 atom stereocenters. The van der Waals surface area contributed by atoms with Crippen molar-refractivity contribution in [2.45, 2.75) is 4.33 Å². The summed E-state index contributed by atoms with van der Waals surface area (Å²) in [6.45, 7) is 0. The van der Waals surface area contributed by atoms with Crippen LogP contribution >= 0.6 is 23.2 Å². The fourth-order valence-electron chi connectivity index (χ4n) is 0.720. The fourth-order valence-corrected chi connectivity index (χ4v) is 1.11. The van der Waals surface area contributed by atoms with Crippen LogP contribution in [-0.4, -0.2) is 4.33 Å². The van der Waals surface area contributed by atoms with Gasteiger partial charge in [0.05, 0.1) is 6.07 Å². The van der Waals surface area contributed by atoms with E-state index in [-0.39, 0.29) is 0 Å². The van der Waals surface area contributed by atoms with E-state index in [1.165, 1.54) is 0 Å². The zero-order valence-corrected chi connectivity index (χ0v) is 6.60. The monoisotopic (exact) mass is 173 g/mol. The Balaban J connectivity index is 2.87. The van der Waals surface area contributed by atoms with Crippen LogP contribution in [0.4, 0.5) is 0 Å². The number of hydrogen-bond donors (Lipinski definition) is 0. The van der Waals surface area contributed by atoms with E-state index < -0.39 is 10.3 Å². The fraction of sp³-hybridized carbons (Fsp3) is 0.286. The molecule has 0 saturated heterocycles. The van der Waals surface area contributed by atoms with Crippen molar-refractivity contribution in [1.29, 1.82) is 5.26 Å². The molecule has 3 heteroatoms. The average Bonchev–Trinajstić information content (AvgIpc) is 1.87. The van der Waals surface area contributed by atoms with Gasteiger partial charge in [-0.25, -0.2) is 0 Å². The van der Waals surface area contributed by atoms with Gasteiger partial charge in [0.2, 0.25) is 0 Å². The van der Waals surface area contributed by atoms with Crippen molar-refractivity contribution >= 4 is 23.2 Å². The molecule has 10 heavy (non-hydrogen) atoms. The van der Waals surface area contributed by atoms with E-state index >= 15 is 0 Å². The second-order valence-corrected chi connectivity index (χ2v) is 3.47. The molecule has 0 fully saturated rings.